The summed E-state index contributed by atoms with van der Waals surface area (Å²) in [4.78, 5) is 12.5. The van der Waals surface area contributed by atoms with E-state index in [4.69, 9.17) is 22.8 Å². The van der Waals surface area contributed by atoms with Crippen molar-refractivity contribution < 1.29 is 14.1 Å². The highest BCUT2D eigenvalue weighted by atomic mass is 35.5. The molecule has 0 saturated heterocycles. The molecule has 0 radical (unpaired) electrons. The van der Waals surface area contributed by atoms with Gasteiger partial charge in [-0.3, -0.25) is 0 Å². The highest BCUT2D eigenvalue weighted by Crippen LogP contribution is 2.13. The number of halogens is 1. The average Bonchev–Trinajstić information content (AvgIpc) is 3.06. The lowest BCUT2D eigenvalue weighted by Gasteiger charge is -2.05. The number of nitrogens with zero attached hydrogens (tertiary/aromatic N) is 1. The summed E-state index contributed by atoms with van der Waals surface area (Å²) in [5.41, 5.74) is 0.247. The first-order valence-electron chi connectivity index (χ1n) is 14.5. The summed E-state index contributed by atoms with van der Waals surface area (Å²) < 4.78 is 6.80. The molecule has 46 heavy (non-hydrogen) atoms. The van der Waals surface area contributed by atoms with Crippen LogP contribution in [-0.4, -0.2) is 12.6 Å². The Hall–Kier alpha value is -6.37. The van der Waals surface area contributed by atoms with E-state index in [1.165, 1.54) is 49.5 Å². The fourth-order valence-corrected chi connectivity index (χ4v) is 3.52. The summed E-state index contributed by atoms with van der Waals surface area (Å²) >= 11 is 6.36. The molecule has 0 saturated carbocycles. The fraction of sp³-hybridized carbons (Fsp3) is 0.286. The monoisotopic (exact) mass is 614 g/mol. The molecular weight excluding hydrogens is 586 g/mol. The highest BCUT2D eigenvalue weighted by Gasteiger charge is 2.20. The van der Waals surface area contributed by atoms with Gasteiger partial charge in [-0.05, 0) is 71.5 Å². The van der Waals surface area contributed by atoms with Gasteiger partial charge in [-0.25, -0.2) is 4.79 Å². The molecule has 0 aliphatic carbocycles. The van der Waals surface area contributed by atoms with Crippen LogP contribution in [0.1, 0.15) is 81.5 Å². The van der Waals surface area contributed by atoms with Gasteiger partial charge >= 0.3 is 11.1 Å². The molecule has 1 heterocycles. The van der Waals surface area contributed by atoms with Gasteiger partial charge in [-0.2, -0.15) is 0 Å². The minimum absolute atomic E-state index is 0.154. The van der Waals surface area contributed by atoms with Crippen LogP contribution in [0, 0.1) is 143 Å². The van der Waals surface area contributed by atoms with Crippen LogP contribution >= 0.6 is 11.6 Å². The quantitative estimate of drug-likeness (QED) is 0.107. The molecule has 0 aromatic carbocycles. The summed E-state index contributed by atoms with van der Waals surface area (Å²) in [6, 6.07) is 6.02. The van der Waals surface area contributed by atoms with Crippen molar-refractivity contribution in [3.8, 4) is 143 Å². The summed E-state index contributed by atoms with van der Waals surface area (Å²) in [7, 11) is 0. The van der Waals surface area contributed by atoms with E-state index in [2.05, 4.69) is 143 Å². The number of hydrogen-bond acceptors (Lipinski definition) is 2. The Morgan fingerprint density at radius 3 is 1.46 bits per heavy atom. The van der Waals surface area contributed by atoms with Gasteiger partial charge in [-0.15, -0.1) is 6.42 Å². The van der Waals surface area contributed by atoms with Crippen molar-refractivity contribution in [1.29, 1.82) is 0 Å². The first-order valence-corrected chi connectivity index (χ1v) is 14.9. The third-order valence-corrected chi connectivity index (χ3v) is 5.77. The molecule has 4 heteroatoms. The molecule has 3 nitrogen and oxygen atoms in total. The minimum Gasteiger partial charge on any atom is -0.462 e. The summed E-state index contributed by atoms with van der Waals surface area (Å²) in [6.45, 7) is 2.60. The lowest BCUT2D eigenvalue weighted by Crippen LogP contribution is -2.31. The van der Waals surface area contributed by atoms with E-state index in [-0.39, 0.29) is 10.7 Å². The Morgan fingerprint density at radius 2 is 1.02 bits per heavy atom. The molecule has 0 unspecified atom stereocenters. The van der Waals surface area contributed by atoms with E-state index < -0.39 is 5.97 Å². The molecule has 1 aromatic rings. The first kappa shape index (κ1) is 37.7. The van der Waals surface area contributed by atoms with Crippen LogP contribution in [0.3, 0.4) is 0 Å². The zero-order valence-electron chi connectivity index (χ0n) is 25.7. The van der Waals surface area contributed by atoms with Crippen LogP contribution in [0.2, 0.25) is 5.15 Å². The number of esters is 1. The average molecular weight is 615 g/mol. The van der Waals surface area contributed by atoms with E-state index in [0.29, 0.717) is 6.61 Å². The number of rotatable bonds is 12. The Morgan fingerprint density at radius 1 is 0.630 bits per heavy atom. The molecule has 0 atom stereocenters. The lowest BCUT2D eigenvalue weighted by atomic mass is 10.1. The van der Waals surface area contributed by atoms with Gasteiger partial charge in [0.1, 0.15) is 5.56 Å². The van der Waals surface area contributed by atoms with Crippen LogP contribution in [0.5, 0.6) is 0 Å². The third kappa shape index (κ3) is 21.4. The molecular formula is C42H29ClNO2+. The summed E-state index contributed by atoms with van der Waals surface area (Å²) in [6.07, 6.45) is 18.7. The molecule has 0 amide bonds. The molecule has 0 spiro atoms. The van der Waals surface area contributed by atoms with Crippen molar-refractivity contribution in [3.05, 3.63) is 29.0 Å². The van der Waals surface area contributed by atoms with E-state index in [9.17, 15) is 4.79 Å². The van der Waals surface area contributed by atoms with Gasteiger partial charge in [-0.1, -0.05) is 69.3 Å². The van der Waals surface area contributed by atoms with Gasteiger partial charge in [0.15, 0.2) is 6.20 Å². The molecule has 1 aromatic heterocycles. The number of carbonyl (C=O) groups is 1. The molecule has 1 rings (SSSR count). The maximum absolute atomic E-state index is 12.5. The number of pyridine rings is 1. The van der Waals surface area contributed by atoms with Crippen molar-refractivity contribution in [2.45, 2.75) is 71.1 Å². The number of unbranched alkanes of at least 4 members (excludes halogenated alkanes) is 9. The maximum Gasteiger partial charge on any atom is 0.346 e. The zero-order valence-corrected chi connectivity index (χ0v) is 26.5. The second kappa shape index (κ2) is 28.7. The van der Waals surface area contributed by atoms with Gasteiger partial charge < -0.3 is 4.74 Å². The molecule has 0 N–H and O–H groups in total. The molecule has 220 valence electrons. The predicted octanol–water partition coefficient (Wildman–Crippen LogP) is 5.18. The molecule has 0 aliphatic rings. The van der Waals surface area contributed by atoms with E-state index in [1.807, 2.05) is 0 Å². The topological polar surface area (TPSA) is 30.2 Å². The van der Waals surface area contributed by atoms with Gasteiger partial charge in [0.25, 0.3) is 0 Å². The standard InChI is InChI=1S/C42H29ClNO2/c1-3-5-7-9-11-13-15-16-17-18-19-20-21-22-23-24-25-26-27-29-31-33-37-44-38-35-36-40(41(44)43)42(45)46-39-34-32-30-28-14-12-10-8-6-4-2/h1,35-36,38H,4,6,8,10,12,14,28,30,32,34,39H2,2H3/q+1. The Kier molecular flexibility index (Phi) is 23.5. The Labute approximate surface area is 280 Å². The van der Waals surface area contributed by atoms with Crippen LogP contribution in [0.25, 0.3) is 0 Å². The Balaban J connectivity index is 2.46. The Bertz CT molecular complexity index is 1970. The van der Waals surface area contributed by atoms with Gasteiger partial charge in [0.2, 0.25) is 6.04 Å². The largest absolute Gasteiger partial charge is 0.462 e. The van der Waals surface area contributed by atoms with Crippen molar-refractivity contribution >= 4 is 17.6 Å². The number of terminal acetylenes is 1. The van der Waals surface area contributed by atoms with Crippen LogP contribution in [0.4, 0.5) is 0 Å². The van der Waals surface area contributed by atoms with Gasteiger partial charge in [0, 0.05) is 83.0 Å². The summed E-state index contributed by atoms with van der Waals surface area (Å²) in [5.74, 6) is 54.3. The number of hydrogen-bond donors (Lipinski definition) is 0. The third-order valence-electron chi connectivity index (χ3n) is 5.38. The molecule has 0 fully saturated rings. The SMILES string of the molecule is C#CC#CC#CC#CC#CC#CC#CC#CC#CC#CC#CC#C[n+]1cccc(C(=O)OCCCCCCCCCCCC)c1Cl. The van der Waals surface area contributed by atoms with Crippen molar-refractivity contribution in [2.24, 2.45) is 0 Å². The van der Waals surface area contributed by atoms with Crippen LogP contribution in [-0.2, 0) is 4.74 Å². The smallest absolute Gasteiger partial charge is 0.346 e. The first-order chi connectivity index (χ1) is 22.7. The number of carbonyl (C=O) groups excluding carboxylic acids is 1. The molecule has 0 aliphatic heterocycles. The predicted molar refractivity (Wildman–Crippen MR) is 184 cm³/mol. The van der Waals surface area contributed by atoms with Crippen molar-refractivity contribution in [2.75, 3.05) is 6.61 Å². The number of aromatic nitrogens is 1. The van der Waals surface area contributed by atoms with E-state index in [1.54, 1.807) is 18.3 Å². The highest BCUT2D eigenvalue weighted by molar-refractivity contribution is 6.31. The normalized spacial score (nSPS) is 7.33. The second-order valence-corrected chi connectivity index (χ2v) is 9.14. The fourth-order valence-electron chi connectivity index (χ4n) is 3.28. The second-order valence-electron chi connectivity index (χ2n) is 8.78. The van der Waals surface area contributed by atoms with Crippen LogP contribution in [0.15, 0.2) is 18.3 Å². The lowest BCUT2D eigenvalue weighted by molar-refractivity contribution is -0.581. The minimum atomic E-state index is -0.475. The van der Waals surface area contributed by atoms with Crippen molar-refractivity contribution in [1.82, 2.24) is 0 Å². The maximum atomic E-state index is 12.5. The summed E-state index contributed by atoms with van der Waals surface area (Å²) in [5, 5.41) is 0.154. The van der Waals surface area contributed by atoms with Crippen molar-refractivity contribution in [3.63, 3.8) is 0 Å². The number of ether oxygens (including phenoxy) is 1. The van der Waals surface area contributed by atoms with Gasteiger partial charge in [0.05, 0.1) is 12.5 Å². The van der Waals surface area contributed by atoms with Crippen LogP contribution < -0.4 is 4.57 Å². The van der Waals surface area contributed by atoms with E-state index >= 15 is 0 Å². The molecule has 0 bridgehead atoms. The zero-order chi connectivity index (χ0) is 33.2. The van der Waals surface area contributed by atoms with E-state index in [0.717, 1.165) is 19.3 Å².